The Morgan fingerprint density at radius 3 is 2.71 bits per heavy atom. The van der Waals surface area contributed by atoms with Crippen molar-refractivity contribution in [2.75, 3.05) is 20.6 Å². The van der Waals surface area contributed by atoms with Crippen LogP contribution in [0.1, 0.15) is 18.4 Å². The van der Waals surface area contributed by atoms with Gasteiger partial charge in [0, 0.05) is 6.54 Å². The molecule has 1 rings (SSSR count). The highest BCUT2D eigenvalue weighted by molar-refractivity contribution is 7.96. The quantitative estimate of drug-likeness (QED) is 0.580. The van der Waals surface area contributed by atoms with Crippen molar-refractivity contribution in [3.05, 3.63) is 23.7 Å². The van der Waals surface area contributed by atoms with Gasteiger partial charge in [-0.15, -0.1) is 0 Å². The van der Waals surface area contributed by atoms with E-state index in [2.05, 4.69) is 16.5 Å². The van der Waals surface area contributed by atoms with E-state index in [4.69, 9.17) is 4.42 Å². The predicted molar refractivity (Wildman–Crippen MR) is 61.1 cm³/mol. The average Bonchev–Trinajstić information content (AvgIpc) is 2.52. The van der Waals surface area contributed by atoms with Crippen LogP contribution in [0.15, 0.2) is 16.5 Å². The van der Waals surface area contributed by atoms with E-state index in [0.29, 0.717) is 0 Å². The smallest absolute Gasteiger partial charge is 0.118 e. The van der Waals surface area contributed by atoms with Gasteiger partial charge in [-0.25, -0.2) is 0 Å². The molecule has 0 fully saturated rings. The largest absolute Gasteiger partial charge is 0.464 e. The third-order valence-corrected chi connectivity index (χ3v) is 2.57. The maximum absolute atomic E-state index is 5.64. The van der Waals surface area contributed by atoms with Gasteiger partial charge in [-0.3, -0.25) is 4.72 Å². The van der Waals surface area contributed by atoms with Crippen LogP contribution in [-0.4, -0.2) is 25.5 Å². The fourth-order valence-corrected chi connectivity index (χ4v) is 1.72. The summed E-state index contributed by atoms with van der Waals surface area (Å²) >= 11 is 1.68. The number of rotatable bonds is 6. The molecular weight excluding hydrogens is 196 g/mol. The summed E-state index contributed by atoms with van der Waals surface area (Å²) in [6, 6.07) is 4.09. The van der Waals surface area contributed by atoms with Gasteiger partial charge in [0.1, 0.15) is 11.5 Å². The Labute approximate surface area is 90.0 Å². The molecule has 0 amide bonds. The topological polar surface area (TPSA) is 28.4 Å². The van der Waals surface area contributed by atoms with Crippen molar-refractivity contribution < 1.29 is 4.42 Å². The Bertz CT molecular complexity index is 260. The van der Waals surface area contributed by atoms with E-state index in [0.717, 1.165) is 30.4 Å². The van der Waals surface area contributed by atoms with E-state index in [9.17, 15) is 0 Å². The van der Waals surface area contributed by atoms with Gasteiger partial charge in [0.05, 0.1) is 12.3 Å². The van der Waals surface area contributed by atoms with Crippen LogP contribution in [0.2, 0.25) is 0 Å². The Balaban J connectivity index is 2.35. The third kappa shape index (κ3) is 4.17. The van der Waals surface area contributed by atoms with E-state index in [1.807, 2.05) is 26.2 Å². The molecule has 0 spiro atoms. The minimum Gasteiger partial charge on any atom is -0.464 e. The molecule has 0 bridgehead atoms. The summed E-state index contributed by atoms with van der Waals surface area (Å²) in [5, 5.41) is 0. The summed E-state index contributed by atoms with van der Waals surface area (Å²) in [6.45, 7) is 3.94. The van der Waals surface area contributed by atoms with E-state index < -0.39 is 0 Å². The summed E-state index contributed by atoms with van der Waals surface area (Å²) in [5.74, 6) is 2.95. The van der Waals surface area contributed by atoms with Crippen LogP contribution >= 0.6 is 11.9 Å². The van der Waals surface area contributed by atoms with Gasteiger partial charge >= 0.3 is 0 Å². The van der Waals surface area contributed by atoms with E-state index in [1.165, 1.54) is 0 Å². The molecular formula is C10H18N2OS. The first-order chi connectivity index (χ1) is 6.72. The summed E-state index contributed by atoms with van der Waals surface area (Å²) < 4.78 is 8.83. The Morgan fingerprint density at radius 1 is 1.36 bits per heavy atom. The molecule has 0 aliphatic carbocycles. The summed E-state index contributed by atoms with van der Waals surface area (Å²) in [4.78, 5) is 2.10. The molecule has 0 aromatic carbocycles. The molecule has 1 N–H and O–H groups in total. The first-order valence-corrected chi connectivity index (χ1v) is 5.78. The monoisotopic (exact) mass is 214 g/mol. The van der Waals surface area contributed by atoms with E-state index in [1.54, 1.807) is 11.9 Å². The van der Waals surface area contributed by atoms with Crippen molar-refractivity contribution in [2.24, 2.45) is 0 Å². The summed E-state index contributed by atoms with van der Waals surface area (Å²) in [7, 11) is 4.07. The van der Waals surface area contributed by atoms with Crippen LogP contribution < -0.4 is 4.72 Å². The molecule has 0 unspecified atom stereocenters. The van der Waals surface area contributed by atoms with Gasteiger partial charge in [-0.2, -0.15) is 0 Å². The first kappa shape index (κ1) is 11.6. The highest BCUT2D eigenvalue weighted by atomic mass is 32.2. The zero-order valence-electron chi connectivity index (χ0n) is 9.04. The van der Waals surface area contributed by atoms with Gasteiger partial charge in [-0.05, 0) is 26.2 Å². The predicted octanol–water partition coefficient (Wildman–Crippen LogP) is 2.10. The molecule has 0 radical (unpaired) electrons. The second kappa shape index (κ2) is 6.11. The lowest BCUT2D eigenvalue weighted by atomic mass is 10.4. The second-order valence-corrected chi connectivity index (χ2v) is 4.26. The van der Waals surface area contributed by atoms with Gasteiger partial charge in [0.2, 0.25) is 0 Å². The fourth-order valence-electron chi connectivity index (χ4n) is 1.12. The van der Waals surface area contributed by atoms with E-state index >= 15 is 0 Å². The van der Waals surface area contributed by atoms with Crippen LogP contribution in [-0.2, 0) is 12.3 Å². The SMILES string of the molecule is CCNSCc1ccc(CN(C)C)o1. The summed E-state index contributed by atoms with van der Waals surface area (Å²) in [6.07, 6.45) is 0. The highest BCUT2D eigenvalue weighted by Gasteiger charge is 2.02. The molecule has 1 aromatic rings. The number of hydrogen-bond acceptors (Lipinski definition) is 4. The van der Waals surface area contributed by atoms with Crippen molar-refractivity contribution in [3.63, 3.8) is 0 Å². The molecule has 0 saturated carbocycles. The molecule has 1 heterocycles. The molecule has 0 atom stereocenters. The first-order valence-electron chi connectivity index (χ1n) is 4.79. The summed E-state index contributed by atoms with van der Waals surface area (Å²) in [5.41, 5.74) is 0. The third-order valence-electron chi connectivity index (χ3n) is 1.65. The standard InChI is InChI=1S/C10H18N2OS/c1-4-11-14-8-10-6-5-9(13-10)7-12(2)3/h5-6,11H,4,7-8H2,1-3H3. The number of nitrogens with one attached hydrogen (secondary N) is 1. The number of nitrogens with zero attached hydrogens (tertiary/aromatic N) is 1. The zero-order valence-corrected chi connectivity index (χ0v) is 9.86. The molecule has 0 aliphatic rings. The molecule has 1 aromatic heterocycles. The Kier molecular flexibility index (Phi) is 5.07. The average molecular weight is 214 g/mol. The van der Waals surface area contributed by atoms with Crippen molar-refractivity contribution in [1.29, 1.82) is 0 Å². The van der Waals surface area contributed by atoms with Crippen molar-refractivity contribution in [1.82, 2.24) is 9.62 Å². The van der Waals surface area contributed by atoms with Crippen LogP contribution in [0.4, 0.5) is 0 Å². The van der Waals surface area contributed by atoms with E-state index in [-0.39, 0.29) is 0 Å². The molecule has 3 nitrogen and oxygen atoms in total. The minimum atomic E-state index is 0.867. The van der Waals surface area contributed by atoms with Crippen molar-refractivity contribution >= 4 is 11.9 Å². The molecule has 4 heteroatoms. The van der Waals surface area contributed by atoms with Gasteiger partial charge in [0.15, 0.2) is 0 Å². The van der Waals surface area contributed by atoms with Crippen molar-refractivity contribution in [3.8, 4) is 0 Å². The number of furan rings is 1. The second-order valence-electron chi connectivity index (χ2n) is 3.39. The maximum atomic E-state index is 5.64. The molecule has 80 valence electrons. The minimum absolute atomic E-state index is 0.867. The van der Waals surface area contributed by atoms with Gasteiger partial charge in [-0.1, -0.05) is 18.9 Å². The maximum Gasteiger partial charge on any atom is 0.118 e. The Morgan fingerprint density at radius 2 is 2.07 bits per heavy atom. The van der Waals surface area contributed by atoms with Crippen LogP contribution in [0.25, 0.3) is 0 Å². The highest BCUT2D eigenvalue weighted by Crippen LogP contribution is 2.14. The lowest BCUT2D eigenvalue weighted by Crippen LogP contribution is -2.09. The lowest BCUT2D eigenvalue weighted by molar-refractivity contribution is 0.344. The van der Waals surface area contributed by atoms with Crippen molar-refractivity contribution in [2.45, 2.75) is 19.2 Å². The molecule has 0 saturated heterocycles. The van der Waals surface area contributed by atoms with Crippen LogP contribution in [0.5, 0.6) is 0 Å². The zero-order chi connectivity index (χ0) is 10.4. The van der Waals surface area contributed by atoms with Gasteiger partial charge in [0.25, 0.3) is 0 Å². The molecule has 14 heavy (non-hydrogen) atoms. The van der Waals surface area contributed by atoms with Crippen LogP contribution in [0.3, 0.4) is 0 Å². The lowest BCUT2D eigenvalue weighted by Gasteiger charge is -2.05. The Hall–Kier alpha value is -0.450. The van der Waals surface area contributed by atoms with Crippen LogP contribution in [0, 0.1) is 0 Å². The fraction of sp³-hybridized carbons (Fsp3) is 0.600. The normalized spacial score (nSPS) is 11.1. The molecule has 0 aliphatic heterocycles. The number of hydrogen-bond donors (Lipinski definition) is 1. The van der Waals surface area contributed by atoms with Gasteiger partial charge < -0.3 is 9.32 Å².